The Labute approximate surface area is 132 Å². The third-order valence-electron chi connectivity index (χ3n) is 6.04. The number of ether oxygens (including phenoxy) is 1. The maximum Gasteiger partial charge on any atom is 0.0837 e. The Bertz CT molecular complexity index is 280. The first kappa shape index (κ1) is 17.3. The minimum atomic E-state index is 0.123. The minimum Gasteiger partial charge on any atom is -0.374 e. The summed E-state index contributed by atoms with van der Waals surface area (Å²) in [5.41, 5.74) is 0.123. The van der Waals surface area contributed by atoms with E-state index in [9.17, 15) is 0 Å². The summed E-state index contributed by atoms with van der Waals surface area (Å²) in [6.07, 6.45) is 13.7. The van der Waals surface area contributed by atoms with Gasteiger partial charge in [-0.25, -0.2) is 0 Å². The van der Waals surface area contributed by atoms with Gasteiger partial charge >= 0.3 is 0 Å². The molecule has 0 aromatic carbocycles. The molecule has 2 rings (SSSR count). The highest BCUT2D eigenvalue weighted by Crippen LogP contribution is 2.43. The quantitative estimate of drug-likeness (QED) is 0.720. The van der Waals surface area contributed by atoms with Crippen LogP contribution in [-0.2, 0) is 4.74 Å². The van der Waals surface area contributed by atoms with Crippen LogP contribution in [0.15, 0.2) is 0 Å². The number of hydrogen-bond donors (Lipinski definition) is 1. The molecular formula is C19H37NO. The summed E-state index contributed by atoms with van der Waals surface area (Å²) in [7, 11) is 0. The Morgan fingerprint density at radius 1 is 1.00 bits per heavy atom. The van der Waals surface area contributed by atoms with Crippen molar-refractivity contribution in [2.45, 2.75) is 96.6 Å². The molecule has 0 saturated heterocycles. The van der Waals surface area contributed by atoms with Crippen molar-refractivity contribution in [2.75, 3.05) is 13.2 Å². The van der Waals surface area contributed by atoms with Gasteiger partial charge in [0.2, 0.25) is 0 Å². The summed E-state index contributed by atoms with van der Waals surface area (Å²) in [4.78, 5) is 0. The van der Waals surface area contributed by atoms with Crippen LogP contribution >= 0.6 is 0 Å². The van der Waals surface area contributed by atoms with Crippen molar-refractivity contribution in [2.24, 2.45) is 11.8 Å². The molecule has 2 saturated carbocycles. The Kier molecular flexibility index (Phi) is 7.01. The molecule has 2 heteroatoms. The first-order chi connectivity index (χ1) is 10.3. The number of likely N-dealkylation sites (N-methyl/N-ethyl adjacent to an activating group) is 1. The molecular weight excluding hydrogens is 258 g/mol. The lowest BCUT2D eigenvalue weighted by Gasteiger charge is -2.49. The van der Waals surface area contributed by atoms with Gasteiger partial charge in [0.25, 0.3) is 0 Å². The molecule has 0 spiro atoms. The number of rotatable bonds is 7. The van der Waals surface area contributed by atoms with Crippen LogP contribution in [0.1, 0.15) is 85.0 Å². The van der Waals surface area contributed by atoms with E-state index in [1.807, 2.05) is 0 Å². The molecule has 124 valence electrons. The predicted octanol–water partition coefficient (Wildman–Crippen LogP) is 4.92. The molecule has 3 unspecified atom stereocenters. The van der Waals surface area contributed by atoms with E-state index in [1.54, 1.807) is 0 Å². The van der Waals surface area contributed by atoms with Crippen LogP contribution in [0.2, 0.25) is 0 Å². The molecule has 2 nitrogen and oxygen atoms in total. The fourth-order valence-electron chi connectivity index (χ4n) is 5.11. The first-order valence-corrected chi connectivity index (χ1v) is 9.64. The van der Waals surface area contributed by atoms with Crippen molar-refractivity contribution in [3.05, 3.63) is 0 Å². The van der Waals surface area contributed by atoms with E-state index in [2.05, 4.69) is 26.1 Å². The van der Waals surface area contributed by atoms with Crippen LogP contribution in [0.4, 0.5) is 0 Å². The highest BCUT2D eigenvalue weighted by Gasteiger charge is 2.46. The molecule has 2 aliphatic carbocycles. The Morgan fingerprint density at radius 3 is 2.33 bits per heavy atom. The van der Waals surface area contributed by atoms with E-state index >= 15 is 0 Å². The van der Waals surface area contributed by atoms with E-state index in [1.165, 1.54) is 64.2 Å². The van der Waals surface area contributed by atoms with Gasteiger partial charge in [-0.1, -0.05) is 58.8 Å². The van der Waals surface area contributed by atoms with Crippen molar-refractivity contribution in [3.8, 4) is 0 Å². The van der Waals surface area contributed by atoms with Gasteiger partial charge in [0.05, 0.1) is 5.60 Å². The zero-order valence-corrected chi connectivity index (χ0v) is 14.6. The number of hydrogen-bond acceptors (Lipinski definition) is 2. The SMILES string of the molecule is CCNC(C1CCCCC1CC)C1(OCC)CCCCC1. The second-order valence-electron chi connectivity index (χ2n) is 7.21. The average Bonchev–Trinajstić information content (AvgIpc) is 2.53. The molecule has 0 radical (unpaired) electrons. The van der Waals surface area contributed by atoms with Gasteiger partial charge < -0.3 is 10.1 Å². The lowest BCUT2D eigenvalue weighted by Crippen LogP contribution is -2.59. The second kappa shape index (κ2) is 8.53. The summed E-state index contributed by atoms with van der Waals surface area (Å²) in [5.74, 6) is 1.73. The van der Waals surface area contributed by atoms with Crippen LogP contribution < -0.4 is 5.32 Å². The van der Waals surface area contributed by atoms with Crippen molar-refractivity contribution < 1.29 is 4.74 Å². The van der Waals surface area contributed by atoms with E-state index in [-0.39, 0.29) is 5.60 Å². The van der Waals surface area contributed by atoms with Gasteiger partial charge in [0.15, 0.2) is 0 Å². The fraction of sp³-hybridized carbons (Fsp3) is 1.00. The highest BCUT2D eigenvalue weighted by atomic mass is 16.5. The predicted molar refractivity (Wildman–Crippen MR) is 90.6 cm³/mol. The first-order valence-electron chi connectivity index (χ1n) is 9.64. The Hall–Kier alpha value is -0.0800. The molecule has 2 fully saturated rings. The zero-order chi connectivity index (χ0) is 15.1. The monoisotopic (exact) mass is 295 g/mol. The molecule has 0 bridgehead atoms. The summed E-state index contributed by atoms with van der Waals surface area (Å²) in [5, 5.41) is 3.89. The normalized spacial score (nSPS) is 31.0. The number of nitrogens with one attached hydrogen (secondary N) is 1. The Morgan fingerprint density at radius 2 is 1.71 bits per heavy atom. The van der Waals surface area contributed by atoms with Gasteiger partial charge in [0.1, 0.15) is 0 Å². The third-order valence-corrected chi connectivity index (χ3v) is 6.04. The lowest BCUT2D eigenvalue weighted by molar-refractivity contribution is -0.111. The lowest BCUT2D eigenvalue weighted by atomic mass is 9.66. The zero-order valence-electron chi connectivity index (χ0n) is 14.6. The summed E-state index contributed by atoms with van der Waals surface area (Å²) < 4.78 is 6.47. The molecule has 1 N–H and O–H groups in total. The van der Waals surface area contributed by atoms with Crippen LogP contribution in [-0.4, -0.2) is 24.8 Å². The molecule has 2 aliphatic rings. The highest BCUT2D eigenvalue weighted by molar-refractivity contribution is 5.01. The third kappa shape index (κ3) is 4.01. The molecule has 0 aromatic rings. The average molecular weight is 296 g/mol. The van der Waals surface area contributed by atoms with Crippen LogP contribution in [0, 0.1) is 11.8 Å². The topological polar surface area (TPSA) is 21.3 Å². The molecule has 0 aromatic heterocycles. The molecule has 21 heavy (non-hydrogen) atoms. The van der Waals surface area contributed by atoms with Crippen LogP contribution in [0.5, 0.6) is 0 Å². The van der Waals surface area contributed by atoms with Gasteiger partial charge in [-0.15, -0.1) is 0 Å². The summed E-state index contributed by atoms with van der Waals surface area (Å²) in [6.45, 7) is 8.77. The maximum absolute atomic E-state index is 6.47. The van der Waals surface area contributed by atoms with Crippen molar-refractivity contribution in [3.63, 3.8) is 0 Å². The van der Waals surface area contributed by atoms with E-state index in [0.717, 1.165) is 25.0 Å². The van der Waals surface area contributed by atoms with Gasteiger partial charge in [-0.3, -0.25) is 0 Å². The van der Waals surface area contributed by atoms with E-state index < -0.39 is 0 Å². The molecule has 0 aliphatic heterocycles. The molecule has 0 amide bonds. The largest absolute Gasteiger partial charge is 0.374 e. The smallest absolute Gasteiger partial charge is 0.0837 e. The van der Waals surface area contributed by atoms with E-state index in [0.29, 0.717) is 6.04 Å². The van der Waals surface area contributed by atoms with Crippen molar-refractivity contribution in [1.29, 1.82) is 0 Å². The molecule has 0 heterocycles. The minimum absolute atomic E-state index is 0.123. The van der Waals surface area contributed by atoms with Gasteiger partial charge in [-0.05, 0) is 44.6 Å². The van der Waals surface area contributed by atoms with Gasteiger partial charge in [0, 0.05) is 12.6 Å². The van der Waals surface area contributed by atoms with Gasteiger partial charge in [-0.2, -0.15) is 0 Å². The van der Waals surface area contributed by atoms with Crippen LogP contribution in [0.3, 0.4) is 0 Å². The van der Waals surface area contributed by atoms with E-state index in [4.69, 9.17) is 4.74 Å². The van der Waals surface area contributed by atoms with Crippen molar-refractivity contribution in [1.82, 2.24) is 5.32 Å². The maximum atomic E-state index is 6.47. The van der Waals surface area contributed by atoms with Crippen LogP contribution in [0.25, 0.3) is 0 Å². The summed E-state index contributed by atoms with van der Waals surface area (Å²) >= 11 is 0. The molecule has 3 atom stereocenters. The van der Waals surface area contributed by atoms with Crippen molar-refractivity contribution >= 4 is 0 Å². The second-order valence-corrected chi connectivity index (χ2v) is 7.21. The summed E-state index contributed by atoms with van der Waals surface area (Å²) in [6, 6.07) is 0.577. The Balaban J connectivity index is 2.20. The standard InChI is InChI=1S/C19H37NO/c1-4-16-12-8-9-13-17(16)18(20-5-2)19(21-6-3)14-10-7-11-15-19/h16-18,20H,4-15H2,1-3H3. The fourth-order valence-corrected chi connectivity index (χ4v) is 5.11.